The molecule has 0 fully saturated rings. The van der Waals surface area contributed by atoms with Crippen molar-refractivity contribution in [3.05, 3.63) is 75.8 Å². The molecule has 8 heteroatoms. The third-order valence-corrected chi connectivity index (χ3v) is 4.76. The van der Waals surface area contributed by atoms with Crippen LogP contribution < -0.4 is 10.7 Å². The average Bonchev–Trinajstić information content (AvgIpc) is 2.73. The van der Waals surface area contributed by atoms with E-state index in [4.69, 9.17) is 21.3 Å². The Kier molecular flexibility index (Phi) is 5.20. The number of benzene rings is 1. The van der Waals surface area contributed by atoms with Gasteiger partial charge in [-0.3, -0.25) is 10.1 Å². The maximum atomic E-state index is 12.7. The molecule has 0 aliphatic carbocycles. The fraction of sp³-hybridized carbons (Fsp3) is 0.0909. The van der Waals surface area contributed by atoms with Gasteiger partial charge in [-0.25, -0.2) is 14.8 Å². The van der Waals surface area contributed by atoms with Crippen molar-refractivity contribution in [3.63, 3.8) is 0 Å². The number of methoxy groups -OCH3 is 1. The van der Waals surface area contributed by atoms with Gasteiger partial charge in [-0.15, -0.1) is 0 Å². The van der Waals surface area contributed by atoms with Gasteiger partial charge in [-0.1, -0.05) is 41.9 Å². The van der Waals surface area contributed by atoms with E-state index in [2.05, 4.69) is 15.3 Å². The van der Waals surface area contributed by atoms with Crippen LogP contribution in [0.2, 0.25) is 5.15 Å². The predicted molar refractivity (Wildman–Crippen MR) is 117 cm³/mol. The smallest absolute Gasteiger partial charge is 0.411 e. The number of nitrogens with one attached hydrogen (secondary N) is 2. The number of halogens is 1. The summed E-state index contributed by atoms with van der Waals surface area (Å²) in [6.07, 6.45) is 0.810. The fourth-order valence-corrected chi connectivity index (χ4v) is 3.60. The summed E-state index contributed by atoms with van der Waals surface area (Å²) in [5, 5.41) is 3.23. The van der Waals surface area contributed by atoms with E-state index < -0.39 is 6.09 Å². The summed E-state index contributed by atoms with van der Waals surface area (Å²) in [6, 6.07) is 14.3. The van der Waals surface area contributed by atoms with E-state index in [9.17, 15) is 9.59 Å². The molecule has 0 unspecified atom stereocenters. The number of aryl methyl sites for hydroxylation is 1. The van der Waals surface area contributed by atoms with Crippen molar-refractivity contribution in [3.8, 4) is 22.4 Å². The first-order valence-corrected chi connectivity index (χ1v) is 9.46. The number of carbonyl (C=O) groups is 1. The molecule has 3 aromatic heterocycles. The van der Waals surface area contributed by atoms with Crippen LogP contribution in [0, 0.1) is 6.92 Å². The molecule has 0 aliphatic rings. The van der Waals surface area contributed by atoms with Crippen molar-refractivity contribution in [2.24, 2.45) is 0 Å². The number of amides is 1. The van der Waals surface area contributed by atoms with Crippen molar-refractivity contribution in [1.82, 2.24) is 15.0 Å². The van der Waals surface area contributed by atoms with Gasteiger partial charge in [0.1, 0.15) is 10.8 Å². The van der Waals surface area contributed by atoms with Crippen molar-refractivity contribution >= 4 is 34.4 Å². The lowest BCUT2D eigenvalue weighted by Gasteiger charge is -2.18. The summed E-state index contributed by atoms with van der Waals surface area (Å²) in [4.78, 5) is 36.9. The first-order chi connectivity index (χ1) is 14.5. The normalized spacial score (nSPS) is 10.8. The van der Waals surface area contributed by atoms with Crippen LogP contribution in [0.15, 0.2) is 59.5 Å². The van der Waals surface area contributed by atoms with Gasteiger partial charge in [0, 0.05) is 29.1 Å². The Labute approximate surface area is 176 Å². The monoisotopic (exact) mass is 420 g/mol. The first-order valence-electron chi connectivity index (χ1n) is 9.08. The van der Waals surface area contributed by atoms with Crippen LogP contribution in [0.4, 0.5) is 10.5 Å². The van der Waals surface area contributed by atoms with Crippen LogP contribution in [-0.2, 0) is 4.74 Å². The second-order valence-corrected chi connectivity index (χ2v) is 6.97. The Hall–Kier alpha value is -3.71. The number of pyridine rings is 3. The maximum Gasteiger partial charge on any atom is 0.411 e. The Bertz CT molecular complexity index is 1300. The zero-order valence-corrected chi connectivity index (χ0v) is 16.9. The van der Waals surface area contributed by atoms with Crippen LogP contribution in [0.3, 0.4) is 0 Å². The summed E-state index contributed by atoms with van der Waals surface area (Å²) >= 11 is 6.22. The third-order valence-electron chi connectivity index (χ3n) is 4.57. The molecular formula is C22H17ClN4O3. The lowest BCUT2D eigenvalue weighted by molar-refractivity contribution is 0.187. The number of ether oxygens (including phenoxy) is 1. The van der Waals surface area contributed by atoms with Crippen LogP contribution in [0.25, 0.3) is 33.4 Å². The van der Waals surface area contributed by atoms with E-state index in [1.165, 1.54) is 19.4 Å². The van der Waals surface area contributed by atoms with Gasteiger partial charge in [-0.2, -0.15) is 0 Å². The molecule has 7 nitrogen and oxygen atoms in total. The van der Waals surface area contributed by atoms with E-state index in [0.29, 0.717) is 28.2 Å². The van der Waals surface area contributed by atoms with Gasteiger partial charge in [0.25, 0.3) is 0 Å². The molecule has 3 heterocycles. The summed E-state index contributed by atoms with van der Waals surface area (Å²) in [5.74, 6) is 0. The minimum Gasteiger partial charge on any atom is -0.453 e. The van der Waals surface area contributed by atoms with Crippen LogP contribution in [-0.4, -0.2) is 28.2 Å². The van der Waals surface area contributed by atoms with Crippen molar-refractivity contribution < 1.29 is 9.53 Å². The number of hydrogen-bond donors (Lipinski definition) is 2. The van der Waals surface area contributed by atoms with E-state index in [-0.39, 0.29) is 21.7 Å². The van der Waals surface area contributed by atoms with Crippen molar-refractivity contribution in [1.29, 1.82) is 0 Å². The Balaban J connectivity index is 2.19. The summed E-state index contributed by atoms with van der Waals surface area (Å²) in [5.41, 5.74) is 3.60. The highest BCUT2D eigenvalue weighted by atomic mass is 35.5. The van der Waals surface area contributed by atoms with Crippen LogP contribution >= 0.6 is 11.6 Å². The third kappa shape index (κ3) is 3.62. The number of anilines is 1. The largest absolute Gasteiger partial charge is 0.453 e. The van der Waals surface area contributed by atoms with Gasteiger partial charge >= 0.3 is 6.09 Å². The first kappa shape index (κ1) is 19.6. The van der Waals surface area contributed by atoms with Gasteiger partial charge in [0.2, 0.25) is 0 Å². The summed E-state index contributed by atoms with van der Waals surface area (Å²) in [6.45, 7) is 1.81. The molecule has 4 rings (SSSR count). The average molecular weight is 421 g/mol. The van der Waals surface area contributed by atoms with Crippen molar-refractivity contribution in [2.45, 2.75) is 6.92 Å². The quantitative estimate of drug-likeness (QED) is 0.464. The zero-order chi connectivity index (χ0) is 21.3. The zero-order valence-electron chi connectivity index (χ0n) is 16.2. The molecule has 0 aliphatic heterocycles. The highest BCUT2D eigenvalue weighted by Crippen LogP contribution is 2.40. The number of H-pyrrole nitrogens is 1. The van der Waals surface area contributed by atoms with Crippen LogP contribution in [0.5, 0.6) is 0 Å². The maximum absolute atomic E-state index is 12.7. The molecule has 0 atom stereocenters. The Morgan fingerprint density at radius 2 is 1.87 bits per heavy atom. The molecule has 150 valence electrons. The molecule has 1 amide bonds. The molecule has 4 aromatic rings. The van der Waals surface area contributed by atoms with Gasteiger partial charge in [0.15, 0.2) is 5.43 Å². The van der Waals surface area contributed by atoms with E-state index >= 15 is 0 Å². The standard InChI is InChI=1S/C22H17ClN4O3/c1-12-10-14(11-16(23)25-12)17-19(13-6-4-3-5-7-13)26-21-18(15(28)8-9-24-21)20(17)27-22(29)30-2/h3-11H,1-2H3,(H2,24,26,27,28,29). The molecule has 1 aromatic carbocycles. The molecular weight excluding hydrogens is 404 g/mol. The number of aromatic nitrogens is 3. The number of aromatic amines is 1. The lowest BCUT2D eigenvalue weighted by atomic mass is 9.96. The number of rotatable bonds is 3. The van der Waals surface area contributed by atoms with Gasteiger partial charge < -0.3 is 9.72 Å². The van der Waals surface area contributed by atoms with E-state index in [0.717, 1.165) is 5.56 Å². The minimum absolute atomic E-state index is 0.239. The molecule has 0 bridgehead atoms. The number of fused-ring (bicyclic) bond motifs is 1. The topological polar surface area (TPSA) is 97.0 Å². The second kappa shape index (κ2) is 7.96. The second-order valence-electron chi connectivity index (χ2n) is 6.58. The van der Waals surface area contributed by atoms with Crippen molar-refractivity contribution in [2.75, 3.05) is 12.4 Å². The number of nitrogens with zero attached hydrogens (tertiary/aromatic N) is 2. The highest BCUT2D eigenvalue weighted by molar-refractivity contribution is 6.29. The highest BCUT2D eigenvalue weighted by Gasteiger charge is 2.22. The Morgan fingerprint density at radius 1 is 1.10 bits per heavy atom. The SMILES string of the molecule is COC(=O)Nc1c(-c2cc(C)nc(Cl)c2)c(-c2ccccc2)nc2[nH]ccc(=O)c12. The van der Waals surface area contributed by atoms with Gasteiger partial charge in [-0.05, 0) is 24.6 Å². The molecule has 30 heavy (non-hydrogen) atoms. The molecule has 0 saturated carbocycles. The van der Waals surface area contributed by atoms with E-state index in [1.807, 2.05) is 43.3 Å². The Morgan fingerprint density at radius 3 is 2.57 bits per heavy atom. The van der Waals surface area contributed by atoms with Gasteiger partial charge in [0.05, 0.1) is 23.9 Å². The molecule has 0 saturated heterocycles. The predicted octanol–water partition coefficient (Wildman–Crippen LogP) is 4.79. The number of hydrogen-bond acceptors (Lipinski definition) is 5. The number of carbonyl (C=O) groups excluding carboxylic acids is 1. The fourth-order valence-electron chi connectivity index (χ4n) is 3.35. The molecule has 0 radical (unpaired) electrons. The van der Waals surface area contributed by atoms with Crippen LogP contribution in [0.1, 0.15) is 5.69 Å². The molecule has 2 N–H and O–H groups in total. The molecule has 0 spiro atoms. The van der Waals surface area contributed by atoms with E-state index in [1.54, 1.807) is 6.07 Å². The summed E-state index contributed by atoms with van der Waals surface area (Å²) in [7, 11) is 1.26. The lowest BCUT2D eigenvalue weighted by Crippen LogP contribution is -2.16. The summed E-state index contributed by atoms with van der Waals surface area (Å²) < 4.78 is 4.81. The minimum atomic E-state index is -0.706.